The summed E-state index contributed by atoms with van der Waals surface area (Å²) >= 11 is 0. The molecule has 126 valence electrons. The second-order valence-corrected chi connectivity index (χ2v) is 5.00. The molecule has 0 unspecified atom stereocenters. The van der Waals surface area contributed by atoms with Gasteiger partial charge in [-0.25, -0.2) is 0 Å². The molecule has 0 aliphatic carbocycles. The van der Waals surface area contributed by atoms with E-state index in [1.165, 1.54) is 24.3 Å². The molecule has 0 heterocycles. The van der Waals surface area contributed by atoms with Crippen LogP contribution in [0.1, 0.15) is 15.9 Å². The third-order valence-corrected chi connectivity index (χ3v) is 3.05. The van der Waals surface area contributed by atoms with E-state index in [-0.39, 0.29) is 23.8 Å². The van der Waals surface area contributed by atoms with Crippen molar-refractivity contribution in [3.63, 3.8) is 0 Å². The summed E-state index contributed by atoms with van der Waals surface area (Å²) in [7, 11) is 0. The van der Waals surface area contributed by atoms with Crippen LogP contribution in [-0.2, 0) is 4.79 Å². The third kappa shape index (κ3) is 5.35. The van der Waals surface area contributed by atoms with Gasteiger partial charge in [0.2, 0.25) is 5.91 Å². The van der Waals surface area contributed by atoms with Gasteiger partial charge < -0.3 is 15.4 Å². The summed E-state index contributed by atoms with van der Waals surface area (Å²) in [5.41, 5.74) is 1.88. The second kappa shape index (κ2) is 8.05. The van der Waals surface area contributed by atoms with E-state index in [0.717, 1.165) is 5.56 Å². The number of ether oxygens (including phenoxy) is 1. The lowest BCUT2D eigenvalue weighted by Gasteiger charge is -2.08. The van der Waals surface area contributed by atoms with Crippen molar-refractivity contribution in [3.05, 3.63) is 59.7 Å². The molecule has 0 spiro atoms. The maximum Gasteiger partial charge on any atom is 0.387 e. The first kappa shape index (κ1) is 17.4. The lowest BCUT2D eigenvalue weighted by molar-refractivity contribution is -0.115. The van der Waals surface area contributed by atoms with Crippen LogP contribution in [0.5, 0.6) is 5.75 Å². The van der Waals surface area contributed by atoms with Crippen LogP contribution in [0.25, 0.3) is 0 Å². The summed E-state index contributed by atoms with van der Waals surface area (Å²) in [4.78, 5) is 23.7. The predicted octanol–water partition coefficient (Wildman–Crippen LogP) is 2.96. The molecule has 0 atom stereocenters. The molecule has 0 bridgehead atoms. The minimum Gasteiger partial charge on any atom is -0.435 e. The van der Waals surface area contributed by atoms with E-state index >= 15 is 0 Å². The number of carbonyl (C=O) groups excluding carboxylic acids is 2. The normalized spacial score (nSPS) is 10.3. The summed E-state index contributed by atoms with van der Waals surface area (Å²) in [6.07, 6.45) is 0. The Balaban J connectivity index is 1.85. The van der Waals surface area contributed by atoms with Crippen molar-refractivity contribution in [2.75, 3.05) is 11.9 Å². The lowest BCUT2D eigenvalue weighted by Crippen LogP contribution is -2.32. The van der Waals surface area contributed by atoms with Crippen molar-refractivity contribution in [2.45, 2.75) is 13.5 Å². The molecule has 2 aromatic rings. The highest BCUT2D eigenvalue weighted by molar-refractivity contribution is 5.99. The van der Waals surface area contributed by atoms with Gasteiger partial charge in [0.25, 0.3) is 5.91 Å². The number of nitrogens with one attached hydrogen (secondary N) is 2. The highest BCUT2D eigenvalue weighted by atomic mass is 19.3. The largest absolute Gasteiger partial charge is 0.435 e. The van der Waals surface area contributed by atoms with Gasteiger partial charge in [-0.15, -0.1) is 0 Å². The second-order valence-electron chi connectivity index (χ2n) is 5.00. The molecule has 0 fully saturated rings. The SMILES string of the molecule is Cc1cccc(NC(=O)CNC(=O)c2ccc(OC(F)F)cc2)c1. The van der Waals surface area contributed by atoms with Crippen molar-refractivity contribution in [1.82, 2.24) is 5.32 Å². The molecular weight excluding hydrogens is 318 g/mol. The van der Waals surface area contributed by atoms with Crippen LogP contribution >= 0.6 is 0 Å². The van der Waals surface area contributed by atoms with E-state index in [1.807, 2.05) is 25.1 Å². The molecule has 2 N–H and O–H groups in total. The first-order valence-corrected chi connectivity index (χ1v) is 7.13. The Labute approximate surface area is 137 Å². The molecule has 2 amide bonds. The molecular formula is C17H16F2N2O3. The maximum atomic E-state index is 12.0. The summed E-state index contributed by atoms with van der Waals surface area (Å²) in [5, 5.41) is 5.12. The van der Waals surface area contributed by atoms with Crippen LogP contribution in [0.2, 0.25) is 0 Å². The molecule has 7 heteroatoms. The Bertz CT molecular complexity index is 718. The van der Waals surface area contributed by atoms with Crippen molar-refractivity contribution >= 4 is 17.5 Å². The molecule has 5 nitrogen and oxygen atoms in total. The molecule has 2 rings (SSSR count). The number of alkyl halides is 2. The Morgan fingerprint density at radius 2 is 1.83 bits per heavy atom. The monoisotopic (exact) mass is 334 g/mol. The minimum atomic E-state index is -2.92. The van der Waals surface area contributed by atoms with Gasteiger partial charge >= 0.3 is 6.61 Å². The summed E-state index contributed by atoms with van der Waals surface area (Å²) < 4.78 is 28.3. The van der Waals surface area contributed by atoms with Gasteiger partial charge in [0, 0.05) is 11.3 Å². The number of amides is 2. The van der Waals surface area contributed by atoms with Crippen molar-refractivity contribution in [2.24, 2.45) is 0 Å². The van der Waals surface area contributed by atoms with Gasteiger partial charge in [0.15, 0.2) is 0 Å². The average molecular weight is 334 g/mol. The Morgan fingerprint density at radius 1 is 1.12 bits per heavy atom. The smallest absolute Gasteiger partial charge is 0.387 e. The number of hydrogen-bond donors (Lipinski definition) is 2. The fourth-order valence-electron chi connectivity index (χ4n) is 1.98. The minimum absolute atomic E-state index is 0.0428. The summed E-state index contributed by atoms with van der Waals surface area (Å²) in [5.74, 6) is -0.900. The lowest BCUT2D eigenvalue weighted by atomic mass is 10.2. The Morgan fingerprint density at radius 3 is 2.46 bits per heavy atom. The number of benzene rings is 2. The van der Waals surface area contributed by atoms with Crippen LogP contribution in [0.3, 0.4) is 0 Å². The predicted molar refractivity (Wildman–Crippen MR) is 85.2 cm³/mol. The quantitative estimate of drug-likeness (QED) is 0.853. The first-order chi connectivity index (χ1) is 11.4. The standard InChI is InChI=1S/C17H16F2N2O3/c1-11-3-2-4-13(9-11)21-15(22)10-20-16(23)12-5-7-14(8-6-12)24-17(18)19/h2-9,17H,10H2,1H3,(H,20,23)(H,21,22). The zero-order chi connectivity index (χ0) is 17.5. The van der Waals surface area contributed by atoms with Gasteiger partial charge in [-0.3, -0.25) is 9.59 Å². The number of rotatable bonds is 6. The Hall–Kier alpha value is -2.96. The number of carbonyl (C=O) groups is 2. The van der Waals surface area contributed by atoms with E-state index in [9.17, 15) is 18.4 Å². The fourth-order valence-corrected chi connectivity index (χ4v) is 1.98. The first-order valence-electron chi connectivity index (χ1n) is 7.13. The van der Waals surface area contributed by atoms with Crippen LogP contribution in [0.4, 0.5) is 14.5 Å². The van der Waals surface area contributed by atoms with Gasteiger partial charge in [0.1, 0.15) is 5.75 Å². The Kier molecular flexibility index (Phi) is 5.83. The van der Waals surface area contributed by atoms with Crippen molar-refractivity contribution < 1.29 is 23.1 Å². The number of aryl methyl sites for hydroxylation is 1. The van der Waals surface area contributed by atoms with E-state index in [2.05, 4.69) is 15.4 Å². The average Bonchev–Trinajstić information content (AvgIpc) is 2.53. The molecule has 0 radical (unpaired) electrons. The van der Waals surface area contributed by atoms with Gasteiger partial charge in [-0.2, -0.15) is 8.78 Å². The van der Waals surface area contributed by atoms with Crippen LogP contribution < -0.4 is 15.4 Å². The molecule has 0 aromatic heterocycles. The van der Waals surface area contributed by atoms with Crippen LogP contribution in [0, 0.1) is 6.92 Å². The molecule has 24 heavy (non-hydrogen) atoms. The van der Waals surface area contributed by atoms with E-state index in [4.69, 9.17) is 0 Å². The van der Waals surface area contributed by atoms with Gasteiger partial charge in [0.05, 0.1) is 6.54 Å². The van der Waals surface area contributed by atoms with Crippen molar-refractivity contribution in [3.8, 4) is 5.75 Å². The van der Waals surface area contributed by atoms with E-state index in [0.29, 0.717) is 5.69 Å². The molecule has 2 aromatic carbocycles. The van der Waals surface area contributed by atoms with Crippen molar-refractivity contribution in [1.29, 1.82) is 0 Å². The summed E-state index contributed by atoms with van der Waals surface area (Å²) in [6.45, 7) is -1.23. The highest BCUT2D eigenvalue weighted by Gasteiger charge is 2.10. The van der Waals surface area contributed by atoms with Crippen LogP contribution in [-0.4, -0.2) is 25.0 Å². The molecule has 0 saturated carbocycles. The zero-order valence-corrected chi connectivity index (χ0v) is 12.9. The van der Waals surface area contributed by atoms with Gasteiger partial charge in [-0.1, -0.05) is 12.1 Å². The zero-order valence-electron chi connectivity index (χ0n) is 12.9. The van der Waals surface area contributed by atoms with E-state index in [1.54, 1.807) is 6.07 Å². The summed E-state index contributed by atoms with van der Waals surface area (Å²) in [6, 6.07) is 12.5. The molecule has 0 aliphatic heterocycles. The third-order valence-electron chi connectivity index (χ3n) is 3.05. The number of hydrogen-bond acceptors (Lipinski definition) is 3. The van der Waals surface area contributed by atoms with Gasteiger partial charge in [-0.05, 0) is 48.9 Å². The molecule has 0 saturated heterocycles. The topological polar surface area (TPSA) is 67.4 Å². The number of halogens is 2. The number of anilines is 1. The highest BCUT2D eigenvalue weighted by Crippen LogP contribution is 2.14. The fraction of sp³-hybridized carbons (Fsp3) is 0.176. The maximum absolute atomic E-state index is 12.0. The van der Waals surface area contributed by atoms with E-state index < -0.39 is 12.5 Å². The molecule has 0 aliphatic rings. The van der Waals surface area contributed by atoms with Crippen LogP contribution in [0.15, 0.2) is 48.5 Å².